The largest absolute Gasteiger partial charge is 0.471 e. The molecule has 2 aromatic heterocycles. The Hall–Kier alpha value is -1.36. The molecule has 0 N–H and O–H groups in total. The lowest BCUT2D eigenvalue weighted by molar-refractivity contribution is 0.349. The highest BCUT2D eigenvalue weighted by atomic mass is 79.9. The van der Waals surface area contributed by atoms with Crippen LogP contribution in [0.25, 0.3) is 5.65 Å². The third-order valence-electron chi connectivity index (χ3n) is 1.87. The third kappa shape index (κ3) is 2.18. The van der Waals surface area contributed by atoms with E-state index in [1.54, 1.807) is 6.20 Å². The van der Waals surface area contributed by atoms with Crippen molar-refractivity contribution >= 4 is 21.6 Å². The first-order chi connectivity index (χ1) is 7.31. The second kappa shape index (κ2) is 4.44. The molecule has 2 aromatic rings. The summed E-state index contributed by atoms with van der Waals surface area (Å²) in [4.78, 5) is 8.39. The van der Waals surface area contributed by atoms with Crippen molar-refractivity contribution in [3.63, 3.8) is 0 Å². The number of aromatic nitrogens is 3. The van der Waals surface area contributed by atoms with E-state index in [-0.39, 0.29) is 0 Å². The zero-order chi connectivity index (χ0) is 10.7. The van der Waals surface area contributed by atoms with Gasteiger partial charge in [0, 0.05) is 18.6 Å². The maximum Gasteiger partial charge on any atom is 0.259 e. The van der Waals surface area contributed by atoms with Crippen LogP contribution in [0.4, 0.5) is 0 Å². The van der Waals surface area contributed by atoms with Gasteiger partial charge < -0.3 is 4.74 Å². The number of nitrogens with zero attached hydrogens (tertiary/aromatic N) is 3. The topological polar surface area (TPSA) is 39.4 Å². The summed E-state index contributed by atoms with van der Waals surface area (Å²) in [6, 6.07) is 0. The molecule has 78 valence electrons. The molecule has 0 amide bonds. The standard InChI is InChI=1S/C10H10BrN3O/c1-2-3-6-15-10-9-12-4-5-14(9)7-8(11)13-10/h2-5,7H,6H2,1H3/b3-2+. The quantitative estimate of drug-likeness (QED) is 0.802. The predicted molar refractivity (Wildman–Crippen MR) is 61.0 cm³/mol. The SMILES string of the molecule is C/C=C/COc1nc(Br)cn2ccnc12. The van der Waals surface area contributed by atoms with Crippen LogP contribution in [0.2, 0.25) is 0 Å². The van der Waals surface area contributed by atoms with Gasteiger partial charge in [0.05, 0.1) is 0 Å². The van der Waals surface area contributed by atoms with Gasteiger partial charge in [0.15, 0.2) is 0 Å². The van der Waals surface area contributed by atoms with Gasteiger partial charge in [-0.05, 0) is 22.9 Å². The Labute approximate surface area is 95.7 Å². The zero-order valence-corrected chi connectivity index (χ0v) is 9.81. The minimum Gasteiger partial charge on any atom is -0.471 e. The van der Waals surface area contributed by atoms with E-state index in [2.05, 4.69) is 25.9 Å². The van der Waals surface area contributed by atoms with Crippen molar-refractivity contribution in [2.75, 3.05) is 6.61 Å². The van der Waals surface area contributed by atoms with Crippen LogP contribution >= 0.6 is 15.9 Å². The number of ether oxygens (including phenoxy) is 1. The molecule has 0 bridgehead atoms. The molecule has 0 saturated carbocycles. The first-order valence-electron chi connectivity index (χ1n) is 4.54. The summed E-state index contributed by atoms with van der Waals surface area (Å²) >= 11 is 3.32. The second-order valence-corrected chi connectivity index (χ2v) is 3.72. The van der Waals surface area contributed by atoms with Crippen LogP contribution in [0.3, 0.4) is 0 Å². The first kappa shape index (κ1) is 10.2. The number of fused-ring (bicyclic) bond motifs is 1. The molecule has 0 atom stereocenters. The van der Waals surface area contributed by atoms with E-state index in [1.165, 1.54) is 0 Å². The van der Waals surface area contributed by atoms with Gasteiger partial charge in [-0.15, -0.1) is 0 Å². The minimum absolute atomic E-state index is 0.502. The average molecular weight is 268 g/mol. The molecule has 0 aliphatic carbocycles. The number of rotatable bonds is 3. The van der Waals surface area contributed by atoms with E-state index in [0.717, 1.165) is 10.3 Å². The summed E-state index contributed by atoms with van der Waals surface area (Å²) in [5.41, 5.74) is 0.725. The van der Waals surface area contributed by atoms with Crippen LogP contribution in [-0.4, -0.2) is 21.0 Å². The van der Waals surface area contributed by atoms with Gasteiger partial charge in [-0.25, -0.2) is 9.97 Å². The number of halogens is 1. The van der Waals surface area contributed by atoms with E-state index >= 15 is 0 Å². The molecule has 5 heteroatoms. The van der Waals surface area contributed by atoms with Crippen molar-refractivity contribution in [3.8, 4) is 5.88 Å². The lowest BCUT2D eigenvalue weighted by Crippen LogP contribution is -1.99. The summed E-state index contributed by atoms with van der Waals surface area (Å²) in [5.74, 6) is 0.535. The summed E-state index contributed by atoms with van der Waals surface area (Å²) in [7, 11) is 0. The van der Waals surface area contributed by atoms with Crippen LogP contribution in [0.1, 0.15) is 6.92 Å². The highest BCUT2D eigenvalue weighted by molar-refractivity contribution is 9.10. The Kier molecular flexibility index (Phi) is 3.01. The van der Waals surface area contributed by atoms with Crippen LogP contribution in [0.15, 0.2) is 35.3 Å². The summed E-state index contributed by atoms with van der Waals surface area (Å²) in [5, 5.41) is 0. The number of hydrogen-bond acceptors (Lipinski definition) is 3. The van der Waals surface area contributed by atoms with Crippen molar-refractivity contribution in [3.05, 3.63) is 35.3 Å². The lowest BCUT2D eigenvalue weighted by atomic mass is 10.5. The Morgan fingerprint density at radius 1 is 1.60 bits per heavy atom. The first-order valence-corrected chi connectivity index (χ1v) is 5.33. The van der Waals surface area contributed by atoms with Crippen molar-refractivity contribution in [2.45, 2.75) is 6.92 Å². The number of hydrogen-bond donors (Lipinski definition) is 0. The van der Waals surface area contributed by atoms with Gasteiger partial charge in [0.1, 0.15) is 11.2 Å². The summed E-state index contributed by atoms with van der Waals surface area (Å²) in [6.07, 6.45) is 9.25. The van der Waals surface area contributed by atoms with Crippen LogP contribution in [0, 0.1) is 0 Å². The van der Waals surface area contributed by atoms with E-state index in [4.69, 9.17) is 4.74 Å². The van der Waals surface area contributed by atoms with E-state index in [1.807, 2.05) is 35.9 Å². The molecular formula is C10H10BrN3O. The van der Waals surface area contributed by atoms with Crippen molar-refractivity contribution in [1.29, 1.82) is 0 Å². The fourth-order valence-electron chi connectivity index (χ4n) is 1.19. The second-order valence-electron chi connectivity index (χ2n) is 2.91. The molecule has 0 fully saturated rings. The number of allylic oxidation sites excluding steroid dienone is 1. The molecule has 2 rings (SSSR count). The maximum atomic E-state index is 5.49. The van der Waals surface area contributed by atoms with Gasteiger partial charge in [-0.1, -0.05) is 12.2 Å². The van der Waals surface area contributed by atoms with Crippen LogP contribution in [-0.2, 0) is 0 Å². The monoisotopic (exact) mass is 267 g/mol. The molecule has 0 aliphatic rings. The van der Waals surface area contributed by atoms with E-state index < -0.39 is 0 Å². The van der Waals surface area contributed by atoms with Crippen molar-refractivity contribution < 1.29 is 4.74 Å². The maximum absolute atomic E-state index is 5.49. The Bertz CT molecular complexity index is 492. The highest BCUT2D eigenvalue weighted by Gasteiger charge is 2.06. The molecule has 0 aromatic carbocycles. The highest BCUT2D eigenvalue weighted by Crippen LogP contribution is 2.18. The molecule has 4 nitrogen and oxygen atoms in total. The Morgan fingerprint density at radius 3 is 3.27 bits per heavy atom. The molecule has 0 saturated heterocycles. The van der Waals surface area contributed by atoms with Gasteiger partial charge in [0.25, 0.3) is 5.88 Å². The van der Waals surface area contributed by atoms with Crippen molar-refractivity contribution in [1.82, 2.24) is 14.4 Å². The predicted octanol–water partition coefficient (Wildman–Crippen LogP) is 2.45. The fourth-order valence-corrected chi connectivity index (χ4v) is 1.58. The third-order valence-corrected chi connectivity index (χ3v) is 2.25. The minimum atomic E-state index is 0.502. The lowest BCUT2D eigenvalue weighted by Gasteiger charge is -2.04. The molecule has 15 heavy (non-hydrogen) atoms. The smallest absolute Gasteiger partial charge is 0.259 e. The van der Waals surface area contributed by atoms with E-state index in [0.29, 0.717) is 12.5 Å². The molecule has 2 heterocycles. The number of imidazole rings is 1. The molecule has 0 spiro atoms. The van der Waals surface area contributed by atoms with Crippen molar-refractivity contribution in [2.24, 2.45) is 0 Å². The summed E-state index contributed by atoms with van der Waals surface area (Å²) < 4.78 is 8.08. The molecule has 0 aliphatic heterocycles. The van der Waals surface area contributed by atoms with E-state index in [9.17, 15) is 0 Å². The Morgan fingerprint density at radius 2 is 2.47 bits per heavy atom. The Balaban J connectivity index is 2.35. The van der Waals surface area contributed by atoms with Gasteiger partial charge in [-0.2, -0.15) is 0 Å². The molecule has 0 radical (unpaired) electrons. The molecule has 0 unspecified atom stereocenters. The normalized spacial score (nSPS) is 11.3. The summed E-state index contributed by atoms with van der Waals surface area (Å²) in [6.45, 7) is 2.45. The molecular weight excluding hydrogens is 258 g/mol. The van der Waals surface area contributed by atoms with Gasteiger partial charge in [0.2, 0.25) is 5.65 Å². The van der Waals surface area contributed by atoms with Gasteiger partial charge in [-0.3, -0.25) is 4.40 Å². The fraction of sp³-hybridized carbons (Fsp3) is 0.200. The average Bonchev–Trinajstić information content (AvgIpc) is 2.65. The van der Waals surface area contributed by atoms with Crippen LogP contribution < -0.4 is 4.74 Å². The van der Waals surface area contributed by atoms with Crippen LogP contribution in [0.5, 0.6) is 5.88 Å². The zero-order valence-electron chi connectivity index (χ0n) is 8.22. The van der Waals surface area contributed by atoms with Gasteiger partial charge >= 0.3 is 0 Å².